The lowest BCUT2D eigenvalue weighted by Crippen LogP contribution is -2.11. The quantitative estimate of drug-likeness (QED) is 0.184. The van der Waals surface area contributed by atoms with Gasteiger partial charge in [0.2, 0.25) is 0 Å². The molecule has 0 fully saturated rings. The third-order valence-corrected chi connectivity index (χ3v) is 9.95. The van der Waals surface area contributed by atoms with Gasteiger partial charge in [-0.3, -0.25) is 0 Å². The monoisotopic (exact) mass is 664 g/mol. The SMILES string of the molecule is c1ccc(-c2cc(-c3ccc(N4c5ccccc5-c5c(n(-c6ccccc6)c6ccccc56)-c5ccccc54)cc3)nc(-c3ccccc3)n2)cc1. The fourth-order valence-corrected chi connectivity index (χ4v) is 7.62. The van der Waals surface area contributed by atoms with Crippen LogP contribution in [0.1, 0.15) is 0 Å². The van der Waals surface area contributed by atoms with E-state index in [0.29, 0.717) is 5.82 Å². The Bertz CT molecular complexity index is 2660. The first-order valence-electron chi connectivity index (χ1n) is 17.6. The number of anilines is 3. The largest absolute Gasteiger partial charge is 0.309 e. The van der Waals surface area contributed by atoms with Crippen molar-refractivity contribution in [3.63, 3.8) is 0 Å². The van der Waals surface area contributed by atoms with Crippen LogP contribution in [0.15, 0.2) is 194 Å². The van der Waals surface area contributed by atoms with E-state index in [1.54, 1.807) is 0 Å². The Hall–Kier alpha value is -7.04. The summed E-state index contributed by atoms with van der Waals surface area (Å²) in [5.74, 6) is 0.709. The highest BCUT2D eigenvalue weighted by atomic mass is 15.2. The van der Waals surface area contributed by atoms with Gasteiger partial charge in [0, 0.05) is 50.1 Å². The first-order valence-corrected chi connectivity index (χ1v) is 17.6. The third kappa shape index (κ3) is 4.92. The van der Waals surface area contributed by atoms with Crippen molar-refractivity contribution in [2.24, 2.45) is 0 Å². The molecule has 0 atom stereocenters. The average Bonchev–Trinajstić information content (AvgIpc) is 3.51. The van der Waals surface area contributed by atoms with E-state index in [9.17, 15) is 0 Å². The summed E-state index contributed by atoms with van der Waals surface area (Å²) >= 11 is 0. The van der Waals surface area contributed by atoms with Crippen LogP contribution in [0.4, 0.5) is 17.1 Å². The van der Waals surface area contributed by atoms with Crippen LogP contribution < -0.4 is 4.90 Å². The summed E-state index contributed by atoms with van der Waals surface area (Å²) in [5, 5.41) is 1.23. The Kier molecular flexibility index (Phi) is 7.10. The molecule has 52 heavy (non-hydrogen) atoms. The Morgan fingerprint density at radius 2 is 0.904 bits per heavy atom. The van der Waals surface area contributed by atoms with Crippen molar-refractivity contribution < 1.29 is 0 Å². The normalized spacial score (nSPS) is 11.8. The highest BCUT2D eigenvalue weighted by Crippen LogP contribution is 2.54. The number of para-hydroxylation sites is 4. The molecule has 1 aliphatic rings. The average molecular weight is 665 g/mol. The fourth-order valence-electron chi connectivity index (χ4n) is 7.62. The molecule has 0 saturated heterocycles. The van der Waals surface area contributed by atoms with Crippen LogP contribution in [0, 0.1) is 0 Å². The molecular weight excluding hydrogens is 633 g/mol. The number of aromatic nitrogens is 3. The van der Waals surface area contributed by atoms with E-state index in [-0.39, 0.29) is 0 Å². The zero-order chi connectivity index (χ0) is 34.4. The number of benzene rings is 7. The Balaban J connectivity index is 1.16. The molecule has 3 heterocycles. The van der Waals surface area contributed by atoms with E-state index in [4.69, 9.17) is 9.97 Å². The third-order valence-electron chi connectivity index (χ3n) is 9.95. The van der Waals surface area contributed by atoms with Crippen molar-refractivity contribution in [2.75, 3.05) is 4.90 Å². The number of fused-ring (bicyclic) bond motifs is 7. The molecular formula is C48H32N4. The van der Waals surface area contributed by atoms with Gasteiger partial charge in [0.25, 0.3) is 0 Å². The second-order valence-corrected chi connectivity index (χ2v) is 13.0. The summed E-state index contributed by atoms with van der Waals surface area (Å²) in [5.41, 5.74) is 15.3. The van der Waals surface area contributed by atoms with Gasteiger partial charge in [0.15, 0.2) is 5.82 Å². The molecule has 0 aliphatic carbocycles. The highest BCUT2D eigenvalue weighted by molar-refractivity contribution is 6.13. The van der Waals surface area contributed by atoms with Crippen LogP contribution in [0.5, 0.6) is 0 Å². The van der Waals surface area contributed by atoms with Crippen LogP contribution in [0.2, 0.25) is 0 Å². The van der Waals surface area contributed by atoms with E-state index in [2.05, 4.69) is 167 Å². The molecule has 10 rings (SSSR count). The lowest BCUT2D eigenvalue weighted by atomic mass is 9.98. The number of nitrogens with zero attached hydrogens (tertiary/aromatic N) is 4. The molecule has 244 valence electrons. The lowest BCUT2D eigenvalue weighted by molar-refractivity contribution is 1.13. The minimum Gasteiger partial charge on any atom is -0.309 e. The summed E-state index contributed by atoms with van der Waals surface area (Å²) in [4.78, 5) is 12.5. The van der Waals surface area contributed by atoms with Gasteiger partial charge in [-0.05, 0) is 48.5 Å². The molecule has 0 N–H and O–H groups in total. The Morgan fingerprint density at radius 1 is 0.385 bits per heavy atom. The summed E-state index contributed by atoms with van der Waals surface area (Å²) < 4.78 is 2.43. The van der Waals surface area contributed by atoms with Crippen LogP contribution in [0.3, 0.4) is 0 Å². The highest BCUT2D eigenvalue weighted by Gasteiger charge is 2.31. The van der Waals surface area contributed by atoms with Crippen LogP contribution in [-0.2, 0) is 0 Å². The maximum absolute atomic E-state index is 5.09. The first kappa shape index (κ1) is 29.8. The van der Waals surface area contributed by atoms with Crippen LogP contribution >= 0.6 is 0 Å². The molecule has 0 unspecified atom stereocenters. The van der Waals surface area contributed by atoms with Gasteiger partial charge in [0.05, 0.1) is 34.0 Å². The van der Waals surface area contributed by atoms with Crippen molar-refractivity contribution in [3.05, 3.63) is 194 Å². The van der Waals surface area contributed by atoms with Crippen LogP contribution in [0.25, 0.3) is 72.9 Å². The van der Waals surface area contributed by atoms with Gasteiger partial charge in [0.1, 0.15) is 0 Å². The van der Waals surface area contributed by atoms with E-state index in [1.165, 1.54) is 33.3 Å². The maximum atomic E-state index is 5.09. The molecule has 7 aromatic carbocycles. The van der Waals surface area contributed by atoms with Crippen molar-refractivity contribution in [3.8, 4) is 62.0 Å². The summed E-state index contributed by atoms with van der Waals surface area (Å²) in [6.45, 7) is 0. The number of hydrogen-bond donors (Lipinski definition) is 0. The smallest absolute Gasteiger partial charge is 0.160 e. The van der Waals surface area contributed by atoms with Crippen molar-refractivity contribution >= 4 is 28.0 Å². The Labute approximate surface area is 302 Å². The van der Waals surface area contributed by atoms with Gasteiger partial charge in [-0.2, -0.15) is 0 Å². The number of hydrogen-bond acceptors (Lipinski definition) is 3. The number of rotatable bonds is 5. The van der Waals surface area contributed by atoms with Crippen LogP contribution in [-0.4, -0.2) is 14.5 Å². The zero-order valence-electron chi connectivity index (χ0n) is 28.3. The van der Waals surface area contributed by atoms with Crippen molar-refractivity contribution in [2.45, 2.75) is 0 Å². The predicted octanol–water partition coefficient (Wildman–Crippen LogP) is 12.5. The molecule has 0 amide bonds. The first-order chi connectivity index (χ1) is 25.8. The molecule has 0 saturated carbocycles. The second-order valence-electron chi connectivity index (χ2n) is 13.0. The summed E-state index contributed by atoms with van der Waals surface area (Å²) in [6.07, 6.45) is 0. The molecule has 4 nitrogen and oxygen atoms in total. The second kappa shape index (κ2) is 12.4. The van der Waals surface area contributed by atoms with Gasteiger partial charge < -0.3 is 9.47 Å². The minimum atomic E-state index is 0.709. The zero-order valence-corrected chi connectivity index (χ0v) is 28.3. The van der Waals surface area contributed by atoms with E-state index in [0.717, 1.165) is 50.8 Å². The molecule has 0 spiro atoms. The molecule has 0 bridgehead atoms. The Morgan fingerprint density at radius 3 is 1.60 bits per heavy atom. The van der Waals surface area contributed by atoms with Crippen molar-refractivity contribution in [1.82, 2.24) is 14.5 Å². The molecule has 2 aromatic heterocycles. The molecule has 1 aliphatic heterocycles. The van der Waals surface area contributed by atoms with Gasteiger partial charge >= 0.3 is 0 Å². The lowest BCUT2D eigenvalue weighted by Gasteiger charge is -2.27. The maximum Gasteiger partial charge on any atom is 0.160 e. The van der Waals surface area contributed by atoms with E-state index in [1.807, 2.05) is 36.4 Å². The van der Waals surface area contributed by atoms with E-state index >= 15 is 0 Å². The van der Waals surface area contributed by atoms with Crippen molar-refractivity contribution in [1.29, 1.82) is 0 Å². The molecule has 4 heteroatoms. The fraction of sp³-hybridized carbons (Fsp3) is 0. The summed E-state index contributed by atoms with van der Waals surface area (Å²) in [7, 11) is 0. The molecule has 9 aromatic rings. The van der Waals surface area contributed by atoms with Gasteiger partial charge in [-0.1, -0.05) is 146 Å². The summed E-state index contributed by atoms with van der Waals surface area (Å²) in [6, 6.07) is 68.5. The topological polar surface area (TPSA) is 34.0 Å². The predicted molar refractivity (Wildman–Crippen MR) is 214 cm³/mol. The van der Waals surface area contributed by atoms with E-state index < -0.39 is 0 Å². The van der Waals surface area contributed by atoms with Gasteiger partial charge in [-0.25, -0.2) is 9.97 Å². The standard InChI is InChI=1S/C48H32N4/c1-4-16-33(17-5-1)41-32-42(50-48(49-41)35-18-6-2-7-19-35)34-28-30-37(31-29-34)51-43-25-13-10-22-38(43)46-39-23-11-14-26-44(39)52(36-20-8-3-9-21-36)47(46)40-24-12-15-27-45(40)51/h1-32H. The molecule has 0 radical (unpaired) electrons. The van der Waals surface area contributed by atoms with Gasteiger partial charge in [-0.15, -0.1) is 0 Å². The minimum absolute atomic E-state index is 0.709.